The van der Waals surface area contributed by atoms with Crippen LogP contribution in [0.25, 0.3) is 22.2 Å². The van der Waals surface area contributed by atoms with E-state index in [9.17, 15) is 4.79 Å². The summed E-state index contributed by atoms with van der Waals surface area (Å²) in [7, 11) is 3.44. The molecule has 5 nitrogen and oxygen atoms in total. The van der Waals surface area contributed by atoms with E-state index in [4.69, 9.17) is 9.47 Å². The highest BCUT2D eigenvalue weighted by atomic mass is 16.5. The van der Waals surface area contributed by atoms with Gasteiger partial charge in [-0.2, -0.15) is 0 Å². The third-order valence-electron chi connectivity index (χ3n) is 8.03. The molecule has 206 valence electrons. The highest BCUT2D eigenvalue weighted by Crippen LogP contribution is 2.36. The molecule has 2 aromatic carbocycles. The molecule has 0 radical (unpaired) electrons. The second-order valence-corrected chi connectivity index (χ2v) is 10.7. The van der Waals surface area contributed by atoms with Gasteiger partial charge in [-0.05, 0) is 86.2 Å². The molecule has 4 rings (SSSR count). The summed E-state index contributed by atoms with van der Waals surface area (Å²) in [6.07, 6.45) is 13.0. The van der Waals surface area contributed by atoms with Gasteiger partial charge in [0.05, 0.1) is 19.9 Å². The van der Waals surface area contributed by atoms with E-state index in [1.807, 2.05) is 19.1 Å². The van der Waals surface area contributed by atoms with Gasteiger partial charge in [0.15, 0.2) is 0 Å². The summed E-state index contributed by atoms with van der Waals surface area (Å²) in [5.74, 6) is 2.12. The van der Waals surface area contributed by atoms with Gasteiger partial charge in [0.25, 0.3) is 0 Å². The van der Waals surface area contributed by atoms with Crippen molar-refractivity contribution in [2.45, 2.75) is 97.1 Å². The highest BCUT2D eigenvalue weighted by molar-refractivity contribution is 5.92. The molecule has 1 aliphatic rings. The number of unbranched alkanes of at least 4 members (excludes halogenated alkanes) is 7. The molecule has 0 aliphatic heterocycles. The van der Waals surface area contributed by atoms with E-state index in [0.29, 0.717) is 18.4 Å². The summed E-state index contributed by atoms with van der Waals surface area (Å²) in [6.45, 7) is 6.18. The van der Waals surface area contributed by atoms with Crippen LogP contribution in [0.15, 0.2) is 42.5 Å². The van der Waals surface area contributed by atoms with Gasteiger partial charge in [0.2, 0.25) is 5.91 Å². The molecular formula is C33H46N2O3. The Morgan fingerprint density at radius 1 is 0.868 bits per heavy atom. The lowest BCUT2D eigenvalue weighted by Gasteiger charge is -2.21. The van der Waals surface area contributed by atoms with Gasteiger partial charge in [-0.3, -0.25) is 4.79 Å². The molecule has 0 saturated heterocycles. The molecule has 0 N–H and O–H groups in total. The lowest BCUT2D eigenvalue weighted by Crippen LogP contribution is -2.33. The van der Waals surface area contributed by atoms with E-state index >= 15 is 0 Å². The number of rotatable bonds is 16. The van der Waals surface area contributed by atoms with Gasteiger partial charge in [-0.25, -0.2) is 0 Å². The van der Waals surface area contributed by atoms with Gasteiger partial charge in [0.1, 0.15) is 11.5 Å². The van der Waals surface area contributed by atoms with Crippen molar-refractivity contribution < 1.29 is 14.3 Å². The van der Waals surface area contributed by atoms with E-state index in [1.54, 1.807) is 14.2 Å². The normalized spacial score (nSPS) is 13.2. The summed E-state index contributed by atoms with van der Waals surface area (Å²) in [5, 5.41) is 1.26. The SMILES string of the molecule is CCC(=O)N(CCCCCCCCCCn1c(-c2ccc(OC)cc2)c(C)c2cc(OC)ccc21)C1CC1. The lowest BCUT2D eigenvalue weighted by molar-refractivity contribution is -0.131. The summed E-state index contributed by atoms with van der Waals surface area (Å²) in [6, 6.07) is 15.4. The topological polar surface area (TPSA) is 43.7 Å². The quantitative estimate of drug-likeness (QED) is 0.180. The Hall–Kier alpha value is -2.95. The number of carbonyl (C=O) groups excluding carboxylic acids is 1. The first-order chi connectivity index (χ1) is 18.6. The molecular weight excluding hydrogens is 472 g/mol. The number of aromatic nitrogens is 1. The van der Waals surface area contributed by atoms with Crippen LogP contribution in [0.1, 0.15) is 83.1 Å². The van der Waals surface area contributed by atoms with Gasteiger partial charge in [0, 0.05) is 36.5 Å². The van der Waals surface area contributed by atoms with Crippen molar-refractivity contribution >= 4 is 16.8 Å². The Kier molecular flexibility index (Phi) is 10.1. The fourth-order valence-corrected chi connectivity index (χ4v) is 5.69. The Balaban J connectivity index is 1.26. The minimum atomic E-state index is 0.340. The Morgan fingerprint density at radius 2 is 1.47 bits per heavy atom. The molecule has 1 saturated carbocycles. The maximum Gasteiger partial charge on any atom is 0.222 e. The fraction of sp³-hybridized carbons (Fsp3) is 0.545. The molecule has 1 amide bonds. The zero-order valence-electron chi connectivity index (χ0n) is 23.9. The third-order valence-corrected chi connectivity index (χ3v) is 8.03. The van der Waals surface area contributed by atoms with Gasteiger partial charge in [-0.1, -0.05) is 45.4 Å². The lowest BCUT2D eigenvalue weighted by atomic mass is 10.1. The number of carbonyl (C=O) groups is 1. The van der Waals surface area contributed by atoms with Crippen molar-refractivity contribution in [2.75, 3.05) is 20.8 Å². The summed E-state index contributed by atoms with van der Waals surface area (Å²) in [4.78, 5) is 14.2. The van der Waals surface area contributed by atoms with E-state index < -0.39 is 0 Å². The van der Waals surface area contributed by atoms with Crippen molar-refractivity contribution in [3.63, 3.8) is 0 Å². The van der Waals surface area contributed by atoms with Crippen LogP contribution in [0.2, 0.25) is 0 Å². The Morgan fingerprint density at radius 3 is 2.08 bits per heavy atom. The first-order valence-corrected chi connectivity index (χ1v) is 14.7. The van der Waals surface area contributed by atoms with Gasteiger partial charge in [-0.15, -0.1) is 0 Å². The monoisotopic (exact) mass is 518 g/mol. The number of aryl methyl sites for hydroxylation is 2. The summed E-state index contributed by atoms with van der Waals surface area (Å²) >= 11 is 0. The van der Waals surface area contributed by atoms with Crippen molar-refractivity contribution in [3.05, 3.63) is 48.0 Å². The number of ether oxygens (including phenoxy) is 2. The first-order valence-electron chi connectivity index (χ1n) is 14.7. The van der Waals surface area contributed by atoms with E-state index in [0.717, 1.165) is 31.0 Å². The van der Waals surface area contributed by atoms with Crippen LogP contribution in [-0.2, 0) is 11.3 Å². The van der Waals surface area contributed by atoms with Crippen molar-refractivity contribution in [1.29, 1.82) is 0 Å². The van der Waals surface area contributed by atoms with Crippen LogP contribution in [0.3, 0.4) is 0 Å². The number of amides is 1. The van der Waals surface area contributed by atoms with E-state index in [2.05, 4.69) is 46.7 Å². The minimum Gasteiger partial charge on any atom is -0.497 e. The van der Waals surface area contributed by atoms with Crippen LogP contribution in [0.5, 0.6) is 11.5 Å². The number of hydrogen-bond acceptors (Lipinski definition) is 3. The Labute approximate surface area is 229 Å². The summed E-state index contributed by atoms with van der Waals surface area (Å²) in [5.41, 5.74) is 5.08. The second kappa shape index (κ2) is 13.7. The fourth-order valence-electron chi connectivity index (χ4n) is 5.69. The average Bonchev–Trinajstić information content (AvgIpc) is 3.76. The zero-order valence-corrected chi connectivity index (χ0v) is 23.9. The molecule has 1 fully saturated rings. The number of benzene rings is 2. The number of fused-ring (bicyclic) bond motifs is 1. The predicted octanol–water partition coefficient (Wildman–Crippen LogP) is 8.16. The molecule has 3 aromatic rings. The number of hydrogen-bond donors (Lipinski definition) is 0. The molecule has 38 heavy (non-hydrogen) atoms. The summed E-state index contributed by atoms with van der Waals surface area (Å²) < 4.78 is 13.4. The van der Waals surface area contributed by atoms with Crippen molar-refractivity contribution in [3.8, 4) is 22.8 Å². The molecule has 1 aliphatic carbocycles. The maximum absolute atomic E-state index is 12.1. The minimum absolute atomic E-state index is 0.340. The van der Waals surface area contributed by atoms with Gasteiger partial charge < -0.3 is 18.9 Å². The average molecular weight is 519 g/mol. The smallest absolute Gasteiger partial charge is 0.222 e. The predicted molar refractivity (Wildman–Crippen MR) is 157 cm³/mol. The molecule has 0 atom stereocenters. The van der Waals surface area contributed by atoms with Gasteiger partial charge >= 0.3 is 0 Å². The molecule has 1 heterocycles. The van der Waals surface area contributed by atoms with Crippen LogP contribution in [0, 0.1) is 6.92 Å². The van der Waals surface area contributed by atoms with Crippen LogP contribution < -0.4 is 9.47 Å². The molecule has 5 heteroatoms. The second-order valence-electron chi connectivity index (χ2n) is 10.7. The Bertz CT molecular complexity index is 1180. The van der Waals surface area contributed by atoms with Crippen molar-refractivity contribution in [2.24, 2.45) is 0 Å². The number of methoxy groups -OCH3 is 2. The molecule has 0 bridgehead atoms. The van der Waals surface area contributed by atoms with Crippen molar-refractivity contribution in [1.82, 2.24) is 9.47 Å². The third kappa shape index (κ3) is 6.92. The largest absolute Gasteiger partial charge is 0.497 e. The molecule has 1 aromatic heterocycles. The highest BCUT2D eigenvalue weighted by Gasteiger charge is 2.31. The first kappa shape index (κ1) is 28.1. The van der Waals surface area contributed by atoms with Crippen LogP contribution >= 0.6 is 0 Å². The van der Waals surface area contributed by atoms with E-state index in [-0.39, 0.29) is 0 Å². The molecule has 0 spiro atoms. The molecule has 0 unspecified atom stereocenters. The standard InChI is InChI=1S/C33H46N2O3/c1-5-32(36)34(27-16-17-27)22-12-10-8-6-7-9-11-13-23-35-31-21-20-29(38-4)24-30(31)25(2)33(35)26-14-18-28(37-3)19-15-26/h14-15,18-21,24,27H,5-13,16-17,22-23H2,1-4H3. The van der Waals surface area contributed by atoms with Crippen LogP contribution in [-0.4, -0.2) is 42.2 Å². The van der Waals surface area contributed by atoms with E-state index in [1.165, 1.54) is 85.5 Å². The maximum atomic E-state index is 12.1. The van der Waals surface area contributed by atoms with Crippen LogP contribution in [0.4, 0.5) is 0 Å². The zero-order chi connectivity index (χ0) is 26.9. The number of nitrogens with zero attached hydrogens (tertiary/aromatic N) is 2.